The van der Waals surface area contributed by atoms with Crippen molar-refractivity contribution in [2.45, 2.75) is 141 Å². The lowest BCUT2D eigenvalue weighted by Gasteiger charge is -2.48. The number of hydrogen-bond acceptors (Lipinski definition) is 17. The van der Waals surface area contributed by atoms with Crippen molar-refractivity contribution < 1.29 is 57.5 Å². The minimum absolute atomic E-state index is 0.0561. The summed E-state index contributed by atoms with van der Waals surface area (Å²) in [6.07, 6.45) is -0.0307. The number of esters is 2. The molecule has 63 heavy (non-hydrogen) atoms. The normalized spacial score (nSPS) is 36.2. The van der Waals surface area contributed by atoms with Gasteiger partial charge >= 0.3 is 18.1 Å². The van der Waals surface area contributed by atoms with E-state index in [4.69, 9.17) is 48.9 Å². The predicted octanol–water partition coefficient (Wildman–Crippen LogP) is 5.38. The predicted molar refractivity (Wildman–Crippen MR) is 233 cm³/mol. The number of pyridine rings is 2. The molecule has 2 aromatic heterocycles. The van der Waals surface area contributed by atoms with Crippen molar-refractivity contribution in [1.29, 1.82) is 0 Å². The van der Waals surface area contributed by atoms with Gasteiger partial charge in [-0.05, 0) is 91.4 Å². The lowest BCUT2D eigenvalue weighted by molar-refractivity contribution is -0.301. The molecule has 17 heteroatoms. The topological polar surface area (TPSA) is 213 Å². The van der Waals surface area contributed by atoms with Crippen LogP contribution in [0.1, 0.15) is 85.9 Å². The van der Waals surface area contributed by atoms with E-state index in [1.54, 1.807) is 69.8 Å². The zero-order valence-electron chi connectivity index (χ0n) is 38.5. The molecule has 14 atom stereocenters. The Labute approximate surface area is 370 Å². The SMILES string of the molecule is CC[C@H]1OC(=O)[C@H](C)[C@@H](OC(=O)Cc2ccccn2)[C@H](C)[C@@H](O[C@@H]2O[C@H](C)C[C@H](N(C)C)[C@H]2O)[C@](C)(OC)C[C@@H](C)/C(=N\OC/C=C/c2cccnc2N)[C@H](C)[C@H]2OC(=O)O[C@@]21C. The standard InChI is InChI=1S/C46H67N5O12/c1-12-34-46(8)40(62-44(55)63-46)28(4)36(50-57-22-16-18-31-17-15-21-49-41(31)47)26(2)25-45(7,56-11)39(61-43-37(53)33(51(9)10)23-27(3)58-43)29(5)38(30(6)42(54)59-34)60-35(52)24-32-19-13-14-20-48-32/h13-21,26-30,33-34,37-40,43,53H,12,22-25H2,1-11H3,(H2,47,49)/b18-16+,50-36+/t26-,27-,28+,29+,30-,33+,34-,37-,38+,39-,40-,43+,45-,46-/m1/s1. The van der Waals surface area contributed by atoms with Gasteiger partial charge in [0.2, 0.25) is 0 Å². The molecule has 0 saturated carbocycles. The van der Waals surface area contributed by atoms with Gasteiger partial charge in [-0.15, -0.1) is 0 Å². The van der Waals surface area contributed by atoms with E-state index in [0.29, 0.717) is 29.2 Å². The highest BCUT2D eigenvalue weighted by molar-refractivity contribution is 5.89. The zero-order chi connectivity index (χ0) is 46.2. The number of cyclic esters (lactones) is 1. The van der Waals surface area contributed by atoms with Crippen LogP contribution >= 0.6 is 0 Å². The van der Waals surface area contributed by atoms with Gasteiger partial charge in [0.1, 0.15) is 30.7 Å². The van der Waals surface area contributed by atoms with Crippen LogP contribution in [0.3, 0.4) is 0 Å². The summed E-state index contributed by atoms with van der Waals surface area (Å²) in [5, 5.41) is 16.5. The summed E-state index contributed by atoms with van der Waals surface area (Å²) in [6.45, 7) is 14.5. The van der Waals surface area contributed by atoms with Crippen LogP contribution in [0.25, 0.3) is 6.08 Å². The fourth-order valence-electron chi connectivity index (χ4n) is 9.33. The van der Waals surface area contributed by atoms with Crippen LogP contribution in [0, 0.1) is 23.7 Å². The number of aliphatic hydroxyl groups is 1. The van der Waals surface area contributed by atoms with Gasteiger partial charge in [0.15, 0.2) is 18.0 Å². The number of carbonyl (C=O) groups excluding carboxylic acids is 3. The monoisotopic (exact) mass is 881 g/mol. The van der Waals surface area contributed by atoms with Crippen molar-refractivity contribution in [2.75, 3.05) is 33.5 Å². The van der Waals surface area contributed by atoms with Gasteiger partial charge in [-0.3, -0.25) is 14.6 Å². The second-order valence-corrected chi connectivity index (χ2v) is 17.7. The molecule has 5 heterocycles. The minimum Gasteiger partial charge on any atom is -0.461 e. The van der Waals surface area contributed by atoms with Crippen molar-refractivity contribution in [2.24, 2.45) is 28.8 Å². The van der Waals surface area contributed by atoms with Gasteiger partial charge in [-0.1, -0.05) is 45.0 Å². The first-order valence-corrected chi connectivity index (χ1v) is 21.8. The van der Waals surface area contributed by atoms with Crippen LogP contribution in [0.5, 0.6) is 0 Å². The van der Waals surface area contributed by atoms with Gasteiger partial charge in [0.05, 0.1) is 41.6 Å². The molecule has 0 unspecified atom stereocenters. The van der Waals surface area contributed by atoms with Crippen molar-refractivity contribution in [1.82, 2.24) is 14.9 Å². The number of hydrogen-bond donors (Lipinski definition) is 2. The third-order valence-electron chi connectivity index (χ3n) is 12.8. The second-order valence-electron chi connectivity index (χ2n) is 17.7. The van der Waals surface area contributed by atoms with E-state index in [1.165, 1.54) is 0 Å². The van der Waals surface area contributed by atoms with Crippen LogP contribution in [0.2, 0.25) is 0 Å². The van der Waals surface area contributed by atoms with Crippen LogP contribution in [0.4, 0.5) is 10.6 Å². The Morgan fingerprint density at radius 3 is 2.43 bits per heavy atom. The first-order valence-electron chi connectivity index (χ1n) is 21.8. The fraction of sp³-hybridized carbons (Fsp3) is 0.652. The van der Waals surface area contributed by atoms with Crippen molar-refractivity contribution in [3.8, 4) is 0 Å². The summed E-state index contributed by atoms with van der Waals surface area (Å²) in [7, 11) is 5.31. The summed E-state index contributed by atoms with van der Waals surface area (Å²) in [5.41, 5.74) is 4.99. The Morgan fingerprint density at radius 2 is 1.78 bits per heavy atom. The van der Waals surface area contributed by atoms with Crippen LogP contribution in [-0.4, -0.2) is 132 Å². The van der Waals surface area contributed by atoms with Crippen molar-refractivity contribution >= 4 is 35.7 Å². The molecule has 348 valence electrons. The van der Waals surface area contributed by atoms with Crippen LogP contribution in [-0.2, 0) is 54.0 Å². The summed E-state index contributed by atoms with van der Waals surface area (Å²) in [4.78, 5) is 57.8. The Bertz CT molecular complexity index is 1920. The molecule has 0 radical (unpaired) electrons. The second kappa shape index (κ2) is 21.3. The molecule has 3 N–H and O–H groups in total. The summed E-state index contributed by atoms with van der Waals surface area (Å²) >= 11 is 0. The number of nitrogens with two attached hydrogens (primary N) is 1. The van der Waals surface area contributed by atoms with E-state index in [-0.39, 0.29) is 38.0 Å². The number of fused-ring (bicyclic) bond motifs is 1. The number of rotatable bonds is 12. The van der Waals surface area contributed by atoms with Crippen molar-refractivity contribution in [3.63, 3.8) is 0 Å². The Morgan fingerprint density at radius 1 is 1.05 bits per heavy atom. The third kappa shape index (κ3) is 11.5. The quantitative estimate of drug-likeness (QED) is 0.119. The van der Waals surface area contributed by atoms with E-state index in [9.17, 15) is 19.5 Å². The molecule has 3 saturated heterocycles. The molecular formula is C46H67N5O12. The number of aliphatic hydroxyl groups excluding tert-OH is 1. The maximum atomic E-state index is 14.5. The number of carbonyl (C=O) groups is 3. The third-order valence-corrected chi connectivity index (χ3v) is 12.8. The maximum absolute atomic E-state index is 14.5. The molecule has 0 bridgehead atoms. The highest BCUT2D eigenvalue weighted by Crippen LogP contribution is 2.43. The van der Waals surface area contributed by atoms with Gasteiger partial charge in [-0.2, -0.15) is 0 Å². The average Bonchev–Trinajstić information content (AvgIpc) is 3.56. The number of likely N-dealkylation sites (N-methyl/N-ethyl adjacent to an activating group) is 1. The highest BCUT2D eigenvalue weighted by Gasteiger charge is 2.59. The molecule has 17 nitrogen and oxygen atoms in total. The van der Waals surface area contributed by atoms with Gasteiger partial charge in [0.25, 0.3) is 0 Å². The molecule has 5 rings (SSSR count). The largest absolute Gasteiger partial charge is 0.509 e. The molecule has 0 aromatic carbocycles. The molecule has 0 amide bonds. The average molecular weight is 882 g/mol. The van der Waals surface area contributed by atoms with E-state index in [0.717, 1.165) is 0 Å². The first kappa shape index (κ1) is 49.3. The number of anilines is 1. The van der Waals surface area contributed by atoms with Crippen molar-refractivity contribution in [3.05, 3.63) is 60.1 Å². The smallest absolute Gasteiger partial charge is 0.461 e. The number of oxime groups is 1. The first-order chi connectivity index (χ1) is 29.8. The number of methoxy groups -OCH3 is 1. The lowest BCUT2D eigenvalue weighted by Crippen LogP contribution is -2.60. The van der Waals surface area contributed by atoms with Crippen LogP contribution < -0.4 is 5.73 Å². The molecule has 0 spiro atoms. The lowest BCUT2D eigenvalue weighted by atomic mass is 9.73. The molecule has 3 aliphatic rings. The number of nitrogens with zero attached hydrogens (tertiary/aromatic N) is 4. The van der Waals surface area contributed by atoms with E-state index in [2.05, 4.69) is 9.97 Å². The molecule has 2 aromatic rings. The number of ether oxygens (including phenoxy) is 7. The van der Waals surface area contributed by atoms with Gasteiger partial charge < -0.3 is 53.7 Å². The fourth-order valence-corrected chi connectivity index (χ4v) is 9.33. The number of aromatic nitrogens is 2. The summed E-state index contributed by atoms with van der Waals surface area (Å²) < 4.78 is 44.1. The minimum atomic E-state index is -1.47. The molecule has 3 fully saturated rings. The molecule has 3 aliphatic heterocycles. The summed E-state index contributed by atoms with van der Waals surface area (Å²) in [5.74, 6) is -3.99. The van der Waals surface area contributed by atoms with Crippen LogP contribution in [0.15, 0.2) is 54.0 Å². The maximum Gasteiger partial charge on any atom is 0.509 e. The van der Waals surface area contributed by atoms with Gasteiger partial charge in [0, 0.05) is 48.9 Å². The Kier molecular flexibility index (Phi) is 16.7. The molecular weight excluding hydrogens is 815 g/mol. The zero-order valence-corrected chi connectivity index (χ0v) is 38.5. The van der Waals surface area contributed by atoms with E-state index in [1.807, 2.05) is 66.6 Å². The Hall–Kier alpha value is -4.68. The van der Waals surface area contributed by atoms with Gasteiger partial charge in [-0.25, -0.2) is 9.78 Å². The van der Waals surface area contributed by atoms with E-state index < -0.39 is 89.8 Å². The number of nitrogen functional groups attached to an aromatic ring is 1. The summed E-state index contributed by atoms with van der Waals surface area (Å²) in [6, 6.07) is 8.52. The molecule has 0 aliphatic carbocycles. The Balaban J connectivity index is 1.62. The highest BCUT2D eigenvalue weighted by atomic mass is 16.8. The van der Waals surface area contributed by atoms with E-state index >= 15 is 0 Å².